The van der Waals surface area contributed by atoms with Gasteiger partial charge < -0.3 is 10.6 Å². The van der Waals surface area contributed by atoms with Crippen molar-refractivity contribution in [3.05, 3.63) is 26.6 Å². The zero-order valence-electron chi connectivity index (χ0n) is 14.3. The molecule has 0 radical (unpaired) electrons. The van der Waals surface area contributed by atoms with Crippen molar-refractivity contribution < 1.29 is 4.79 Å². The van der Waals surface area contributed by atoms with Crippen molar-refractivity contribution in [2.75, 3.05) is 19.6 Å². The average Bonchev–Trinajstić information content (AvgIpc) is 2.74. The van der Waals surface area contributed by atoms with Gasteiger partial charge in [0, 0.05) is 26.1 Å². The van der Waals surface area contributed by atoms with Gasteiger partial charge >= 0.3 is 0 Å². The fraction of sp³-hybridized carbons (Fsp3) is 0.588. The van der Waals surface area contributed by atoms with Gasteiger partial charge in [-0.2, -0.15) is 0 Å². The van der Waals surface area contributed by atoms with E-state index in [-0.39, 0.29) is 11.5 Å². The summed E-state index contributed by atoms with van der Waals surface area (Å²) >= 11 is 1.33. The van der Waals surface area contributed by atoms with E-state index < -0.39 is 0 Å². The Balaban J connectivity index is 1.94. The van der Waals surface area contributed by atoms with Crippen LogP contribution in [0.2, 0.25) is 0 Å². The van der Waals surface area contributed by atoms with Crippen LogP contribution in [0.3, 0.4) is 0 Å². The van der Waals surface area contributed by atoms with E-state index in [1.807, 2.05) is 18.4 Å². The summed E-state index contributed by atoms with van der Waals surface area (Å²) in [6, 6.07) is 0. The molecule has 0 spiro atoms. The van der Waals surface area contributed by atoms with E-state index in [1.165, 1.54) is 11.3 Å². The van der Waals surface area contributed by atoms with E-state index >= 15 is 0 Å². The molecule has 3 rings (SSSR count). The summed E-state index contributed by atoms with van der Waals surface area (Å²) in [6.07, 6.45) is 4.06. The summed E-state index contributed by atoms with van der Waals surface area (Å²) in [6.45, 7) is 6.80. The number of carbonyl (C=O) groups is 1. The Kier molecular flexibility index (Phi) is 5.30. The highest BCUT2D eigenvalue weighted by Gasteiger charge is 2.21. The van der Waals surface area contributed by atoms with Crippen molar-refractivity contribution in [2.24, 2.45) is 0 Å². The van der Waals surface area contributed by atoms with E-state index in [0.717, 1.165) is 56.7 Å². The van der Waals surface area contributed by atoms with Crippen molar-refractivity contribution in [1.82, 2.24) is 20.2 Å². The lowest BCUT2D eigenvalue weighted by Crippen LogP contribution is -2.31. The summed E-state index contributed by atoms with van der Waals surface area (Å²) < 4.78 is 1.81. The Hall–Kier alpha value is -1.73. The van der Waals surface area contributed by atoms with Crippen molar-refractivity contribution in [3.63, 3.8) is 0 Å². The monoisotopic (exact) mass is 348 g/mol. The Bertz CT molecular complexity index is 809. The van der Waals surface area contributed by atoms with Gasteiger partial charge in [-0.25, -0.2) is 4.98 Å². The van der Waals surface area contributed by atoms with Crippen molar-refractivity contribution in [3.8, 4) is 0 Å². The average molecular weight is 348 g/mol. The lowest BCUT2D eigenvalue weighted by Gasteiger charge is -2.08. The van der Waals surface area contributed by atoms with E-state index in [0.29, 0.717) is 21.6 Å². The fourth-order valence-corrected chi connectivity index (χ4v) is 4.25. The van der Waals surface area contributed by atoms with E-state index in [2.05, 4.69) is 10.6 Å². The third kappa shape index (κ3) is 3.23. The molecule has 0 aliphatic carbocycles. The van der Waals surface area contributed by atoms with Crippen LogP contribution >= 0.6 is 11.3 Å². The van der Waals surface area contributed by atoms with E-state index in [9.17, 15) is 9.59 Å². The van der Waals surface area contributed by atoms with Gasteiger partial charge in [-0.1, -0.05) is 13.3 Å². The molecule has 1 amide bonds. The molecule has 0 saturated carbocycles. The first-order valence-corrected chi connectivity index (χ1v) is 9.46. The predicted molar refractivity (Wildman–Crippen MR) is 97.0 cm³/mol. The highest BCUT2D eigenvalue weighted by Crippen LogP contribution is 2.28. The lowest BCUT2D eigenvalue weighted by molar-refractivity contribution is 0.0957. The second kappa shape index (κ2) is 7.44. The van der Waals surface area contributed by atoms with Gasteiger partial charge in [-0.3, -0.25) is 14.2 Å². The second-order valence-corrected chi connectivity index (χ2v) is 7.14. The summed E-state index contributed by atoms with van der Waals surface area (Å²) in [5.74, 6) is 0.748. The number of fused-ring (bicyclic) bond motifs is 2. The lowest BCUT2D eigenvalue weighted by atomic mass is 10.2. The maximum atomic E-state index is 12.9. The van der Waals surface area contributed by atoms with Crippen LogP contribution < -0.4 is 16.2 Å². The largest absolute Gasteiger partial charge is 0.350 e. The summed E-state index contributed by atoms with van der Waals surface area (Å²) in [7, 11) is 0. The molecule has 2 N–H and O–H groups in total. The first-order chi connectivity index (χ1) is 11.6. The molecule has 1 aliphatic rings. The minimum Gasteiger partial charge on any atom is -0.350 e. The van der Waals surface area contributed by atoms with Crippen LogP contribution in [-0.4, -0.2) is 35.1 Å². The molecule has 7 heteroatoms. The fourth-order valence-electron chi connectivity index (χ4n) is 3.15. The number of aryl methyl sites for hydroxylation is 2. The Morgan fingerprint density at radius 2 is 2.12 bits per heavy atom. The quantitative estimate of drug-likeness (QED) is 0.809. The van der Waals surface area contributed by atoms with Crippen LogP contribution in [0, 0.1) is 6.92 Å². The molecule has 0 bridgehead atoms. The maximum Gasteiger partial charge on any atom is 0.262 e. The Morgan fingerprint density at radius 3 is 2.92 bits per heavy atom. The third-order valence-corrected chi connectivity index (χ3v) is 5.64. The molecule has 6 nitrogen and oxygen atoms in total. The highest BCUT2D eigenvalue weighted by molar-refractivity contribution is 7.20. The summed E-state index contributed by atoms with van der Waals surface area (Å²) in [4.78, 5) is 31.3. The summed E-state index contributed by atoms with van der Waals surface area (Å²) in [5.41, 5.74) is 0.769. The van der Waals surface area contributed by atoms with Gasteiger partial charge in [0.25, 0.3) is 11.5 Å². The first kappa shape index (κ1) is 17.1. The normalized spacial score (nSPS) is 14.4. The Morgan fingerprint density at radius 1 is 1.29 bits per heavy atom. The van der Waals surface area contributed by atoms with E-state index in [4.69, 9.17) is 4.98 Å². The number of nitrogens with one attached hydrogen (secondary N) is 2. The predicted octanol–water partition coefficient (Wildman–Crippen LogP) is 1.83. The second-order valence-electron chi connectivity index (χ2n) is 6.14. The van der Waals surface area contributed by atoms with Crippen molar-refractivity contribution in [2.45, 2.75) is 46.1 Å². The van der Waals surface area contributed by atoms with Crippen molar-refractivity contribution >= 4 is 27.5 Å². The number of rotatable bonds is 5. The van der Waals surface area contributed by atoms with Crippen LogP contribution in [0.25, 0.3) is 10.2 Å². The van der Waals surface area contributed by atoms with Gasteiger partial charge in [0.1, 0.15) is 10.7 Å². The molecule has 2 aromatic rings. The third-order valence-electron chi connectivity index (χ3n) is 4.46. The number of nitrogens with zero attached hydrogens (tertiary/aromatic N) is 2. The van der Waals surface area contributed by atoms with Gasteiger partial charge in [-0.05, 0) is 31.9 Å². The molecule has 0 saturated heterocycles. The molecule has 0 unspecified atom stereocenters. The number of hydrogen-bond donors (Lipinski definition) is 2. The van der Waals surface area contributed by atoms with Crippen LogP contribution in [0.1, 0.15) is 47.2 Å². The van der Waals surface area contributed by atoms with Crippen LogP contribution in [0.5, 0.6) is 0 Å². The van der Waals surface area contributed by atoms with Crippen LogP contribution in [0.4, 0.5) is 0 Å². The number of hydrogen-bond acceptors (Lipinski definition) is 5. The zero-order chi connectivity index (χ0) is 17.1. The SMILES string of the molecule is CCNCCNC(=O)c1sc2nc3n(c(=O)c2c1C)CCCCC3. The molecule has 2 aromatic heterocycles. The number of carbonyl (C=O) groups excluding carboxylic acids is 1. The standard InChI is InChI=1S/C17H24N4O2S/c1-3-18-8-9-19-15(22)14-11(2)13-16(24-14)20-12-7-5-4-6-10-21(12)17(13)23/h18H,3-10H2,1-2H3,(H,19,22). The number of thiophene rings is 1. The van der Waals surface area contributed by atoms with Gasteiger partial charge in [0.2, 0.25) is 0 Å². The van der Waals surface area contributed by atoms with Gasteiger partial charge in [-0.15, -0.1) is 11.3 Å². The van der Waals surface area contributed by atoms with Crippen LogP contribution in [-0.2, 0) is 13.0 Å². The Labute approximate surface area is 145 Å². The number of amides is 1. The molecule has 3 heterocycles. The molecular weight excluding hydrogens is 324 g/mol. The zero-order valence-corrected chi connectivity index (χ0v) is 15.1. The first-order valence-electron chi connectivity index (χ1n) is 8.65. The molecule has 24 heavy (non-hydrogen) atoms. The van der Waals surface area contributed by atoms with Gasteiger partial charge in [0.05, 0.1) is 10.3 Å². The summed E-state index contributed by atoms with van der Waals surface area (Å²) in [5, 5.41) is 6.69. The smallest absolute Gasteiger partial charge is 0.262 e. The number of likely N-dealkylation sites (N-methyl/N-ethyl adjacent to an activating group) is 1. The topological polar surface area (TPSA) is 76.0 Å². The maximum absolute atomic E-state index is 12.9. The van der Waals surface area contributed by atoms with E-state index in [1.54, 1.807) is 0 Å². The molecule has 1 aliphatic heterocycles. The van der Waals surface area contributed by atoms with Gasteiger partial charge in [0.15, 0.2) is 0 Å². The van der Waals surface area contributed by atoms with Crippen LogP contribution in [0.15, 0.2) is 4.79 Å². The highest BCUT2D eigenvalue weighted by atomic mass is 32.1. The molecule has 0 aromatic carbocycles. The molecular formula is C17H24N4O2S. The molecule has 0 fully saturated rings. The minimum absolute atomic E-state index is 0.0114. The van der Waals surface area contributed by atoms with Crippen molar-refractivity contribution in [1.29, 1.82) is 0 Å². The molecule has 0 atom stereocenters. The molecule has 130 valence electrons. The number of aromatic nitrogens is 2. The minimum atomic E-state index is -0.118.